The summed E-state index contributed by atoms with van der Waals surface area (Å²) in [6.07, 6.45) is 6.62. The molecule has 1 atom stereocenters. The standard InChI is InChI=1S/C13H23ClN4/c1-11(2)18-13(15-10-16-18)9-17-8-4-3-5-12(17)6-7-14/h10-12H,3-9H2,1-2H3. The molecule has 0 saturated carbocycles. The Morgan fingerprint density at radius 2 is 2.28 bits per heavy atom. The number of aromatic nitrogens is 3. The highest BCUT2D eigenvalue weighted by atomic mass is 35.5. The second-order valence-electron chi connectivity index (χ2n) is 5.31. The lowest BCUT2D eigenvalue weighted by atomic mass is 10.00. The Labute approximate surface area is 114 Å². The van der Waals surface area contributed by atoms with Crippen LogP contribution in [0.1, 0.15) is 51.4 Å². The van der Waals surface area contributed by atoms with Crippen molar-refractivity contribution in [3.05, 3.63) is 12.2 Å². The van der Waals surface area contributed by atoms with Crippen molar-refractivity contribution in [2.45, 2.75) is 58.2 Å². The van der Waals surface area contributed by atoms with Gasteiger partial charge in [0.05, 0.1) is 6.54 Å². The lowest BCUT2D eigenvalue weighted by Crippen LogP contribution is -2.40. The van der Waals surface area contributed by atoms with Crippen LogP contribution in [0.4, 0.5) is 0 Å². The maximum Gasteiger partial charge on any atom is 0.141 e. The molecule has 0 aromatic carbocycles. The van der Waals surface area contributed by atoms with E-state index in [1.54, 1.807) is 6.33 Å². The molecule has 1 unspecified atom stereocenters. The van der Waals surface area contributed by atoms with Gasteiger partial charge >= 0.3 is 0 Å². The van der Waals surface area contributed by atoms with Gasteiger partial charge in [0.2, 0.25) is 0 Å². The van der Waals surface area contributed by atoms with Gasteiger partial charge in [0.15, 0.2) is 0 Å². The molecular formula is C13H23ClN4. The van der Waals surface area contributed by atoms with E-state index in [1.807, 2.05) is 4.68 Å². The van der Waals surface area contributed by atoms with Gasteiger partial charge in [-0.2, -0.15) is 5.10 Å². The predicted molar refractivity (Wildman–Crippen MR) is 73.8 cm³/mol. The molecule has 102 valence electrons. The number of rotatable bonds is 5. The number of hydrogen-bond donors (Lipinski definition) is 0. The van der Waals surface area contributed by atoms with Gasteiger partial charge in [-0.25, -0.2) is 9.67 Å². The van der Waals surface area contributed by atoms with Crippen LogP contribution in [0.15, 0.2) is 6.33 Å². The Morgan fingerprint density at radius 3 is 3.00 bits per heavy atom. The summed E-state index contributed by atoms with van der Waals surface area (Å²) in [6, 6.07) is 0.993. The van der Waals surface area contributed by atoms with E-state index < -0.39 is 0 Å². The number of hydrogen-bond acceptors (Lipinski definition) is 3. The van der Waals surface area contributed by atoms with Crippen molar-refractivity contribution in [1.82, 2.24) is 19.7 Å². The van der Waals surface area contributed by atoms with Crippen LogP contribution in [-0.4, -0.2) is 38.1 Å². The third-order valence-corrected chi connectivity index (χ3v) is 3.89. The molecule has 1 aliphatic heterocycles. The molecule has 1 aromatic rings. The Kier molecular flexibility index (Phi) is 5.01. The molecule has 18 heavy (non-hydrogen) atoms. The highest BCUT2D eigenvalue weighted by molar-refractivity contribution is 6.17. The van der Waals surface area contributed by atoms with Crippen molar-refractivity contribution in [2.24, 2.45) is 0 Å². The molecule has 1 aromatic heterocycles. The topological polar surface area (TPSA) is 34.0 Å². The van der Waals surface area contributed by atoms with Crippen LogP contribution in [0.5, 0.6) is 0 Å². The summed E-state index contributed by atoms with van der Waals surface area (Å²) in [7, 11) is 0. The molecule has 0 radical (unpaired) electrons. The molecule has 4 nitrogen and oxygen atoms in total. The first-order valence-corrected chi connectivity index (χ1v) is 7.44. The zero-order chi connectivity index (χ0) is 13.0. The Morgan fingerprint density at radius 1 is 1.44 bits per heavy atom. The fraction of sp³-hybridized carbons (Fsp3) is 0.846. The summed E-state index contributed by atoms with van der Waals surface area (Å²) < 4.78 is 2.02. The maximum atomic E-state index is 5.90. The number of halogens is 1. The van der Waals surface area contributed by atoms with Gasteiger partial charge < -0.3 is 0 Å². The summed E-state index contributed by atoms with van der Waals surface area (Å²) in [5, 5.41) is 4.31. The second-order valence-corrected chi connectivity index (χ2v) is 5.69. The van der Waals surface area contributed by atoms with Crippen LogP contribution in [0.2, 0.25) is 0 Å². The fourth-order valence-corrected chi connectivity index (χ4v) is 2.97. The molecule has 1 saturated heterocycles. The molecule has 1 aliphatic rings. The van der Waals surface area contributed by atoms with Gasteiger partial charge in [-0.05, 0) is 39.7 Å². The zero-order valence-corrected chi connectivity index (χ0v) is 12.1. The quantitative estimate of drug-likeness (QED) is 0.772. The first-order chi connectivity index (χ1) is 8.72. The van der Waals surface area contributed by atoms with Crippen LogP contribution in [0.25, 0.3) is 0 Å². The fourth-order valence-electron chi connectivity index (χ4n) is 2.72. The summed E-state index contributed by atoms with van der Waals surface area (Å²) in [4.78, 5) is 6.93. The Hall–Kier alpha value is -0.610. The minimum Gasteiger partial charge on any atom is -0.293 e. The van der Waals surface area contributed by atoms with E-state index >= 15 is 0 Å². The highest BCUT2D eigenvalue weighted by Crippen LogP contribution is 2.22. The van der Waals surface area contributed by atoms with E-state index in [0.29, 0.717) is 12.1 Å². The number of likely N-dealkylation sites (tertiary alicyclic amines) is 1. The van der Waals surface area contributed by atoms with E-state index in [0.717, 1.165) is 31.2 Å². The number of piperidine rings is 1. The Balaban J connectivity index is 2.03. The zero-order valence-electron chi connectivity index (χ0n) is 11.3. The first-order valence-electron chi connectivity index (χ1n) is 6.90. The summed E-state index contributed by atoms with van der Waals surface area (Å²) in [5.74, 6) is 1.82. The van der Waals surface area contributed by atoms with Crippen molar-refractivity contribution in [1.29, 1.82) is 0 Å². The van der Waals surface area contributed by atoms with Crippen LogP contribution >= 0.6 is 11.6 Å². The van der Waals surface area contributed by atoms with E-state index in [9.17, 15) is 0 Å². The maximum absolute atomic E-state index is 5.90. The van der Waals surface area contributed by atoms with Crippen LogP contribution in [0.3, 0.4) is 0 Å². The van der Waals surface area contributed by atoms with Crippen LogP contribution in [0, 0.1) is 0 Å². The van der Waals surface area contributed by atoms with Gasteiger partial charge in [0.1, 0.15) is 12.2 Å². The van der Waals surface area contributed by atoms with Crippen molar-refractivity contribution < 1.29 is 0 Å². The lowest BCUT2D eigenvalue weighted by Gasteiger charge is -2.35. The van der Waals surface area contributed by atoms with E-state index in [4.69, 9.17) is 11.6 Å². The van der Waals surface area contributed by atoms with E-state index in [1.165, 1.54) is 19.3 Å². The molecule has 5 heteroatoms. The average molecular weight is 271 g/mol. The molecular weight excluding hydrogens is 248 g/mol. The van der Waals surface area contributed by atoms with Crippen molar-refractivity contribution in [2.75, 3.05) is 12.4 Å². The van der Waals surface area contributed by atoms with Gasteiger partial charge in [-0.15, -0.1) is 11.6 Å². The number of alkyl halides is 1. The summed E-state index contributed by atoms with van der Waals surface area (Å²) in [6.45, 7) is 6.35. The first kappa shape index (κ1) is 13.8. The molecule has 0 bridgehead atoms. The average Bonchev–Trinajstić information content (AvgIpc) is 2.80. The Bertz CT molecular complexity index is 362. The summed E-state index contributed by atoms with van der Waals surface area (Å²) in [5.41, 5.74) is 0. The van der Waals surface area contributed by atoms with Gasteiger partial charge in [-0.1, -0.05) is 6.42 Å². The highest BCUT2D eigenvalue weighted by Gasteiger charge is 2.23. The predicted octanol–water partition coefficient (Wildman–Crippen LogP) is 2.84. The monoisotopic (exact) mass is 270 g/mol. The smallest absolute Gasteiger partial charge is 0.141 e. The third-order valence-electron chi connectivity index (χ3n) is 3.67. The second kappa shape index (κ2) is 6.53. The van der Waals surface area contributed by atoms with Crippen molar-refractivity contribution in [3.8, 4) is 0 Å². The van der Waals surface area contributed by atoms with E-state index in [2.05, 4.69) is 28.8 Å². The van der Waals surface area contributed by atoms with E-state index in [-0.39, 0.29) is 0 Å². The number of nitrogens with zero attached hydrogens (tertiary/aromatic N) is 4. The minimum atomic E-state index is 0.374. The molecule has 0 N–H and O–H groups in total. The van der Waals surface area contributed by atoms with Crippen molar-refractivity contribution in [3.63, 3.8) is 0 Å². The molecule has 2 heterocycles. The largest absolute Gasteiger partial charge is 0.293 e. The van der Waals surface area contributed by atoms with Crippen LogP contribution < -0.4 is 0 Å². The van der Waals surface area contributed by atoms with Gasteiger partial charge in [0, 0.05) is 18.0 Å². The van der Waals surface area contributed by atoms with Crippen molar-refractivity contribution >= 4 is 11.6 Å². The lowest BCUT2D eigenvalue weighted by molar-refractivity contribution is 0.130. The molecule has 0 aliphatic carbocycles. The van der Waals surface area contributed by atoms with Crippen LogP contribution in [-0.2, 0) is 6.54 Å². The molecule has 0 spiro atoms. The molecule has 2 rings (SSSR count). The van der Waals surface area contributed by atoms with Gasteiger partial charge in [0.25, 0.3) is 0 Å². The molecule has 0 amide bonds. The summed E-state index contributed by atoms with van der Waals surface area (Å²) >= 11 is 5.90. The molecule has 1 fully saturated rings. The van der Waals surface area contributed by atoms with Gasteiger partial charge in [-0.3, -0.25) is 4.90 Å². The third kappa shape index (κ3) is 3.23. The minimum absolute atomic E-state index is 0.374. The normalized spacial score (nSPS) is 21.7. The SMILES string of the molecule is CC(C)n1ncnc1CN1CCCCC1CCCl.